The number of thiophene rings is 1. The van der Waals surface area contributed by atoms with E-state index in [-0.39, 0.29) is 25.5 Å². The monoisotopic (exact) mass is 839 g/mol. The molecule has 5 heteroatoms. The van der Waals surface area contributed by atoms with Crippen molar-refractivity contribution in [1.29, 1.82) is 0 Å². The molecule has 245 valence electrons. The van der Waals surface area contributed by atoms with Gasteiger partial charge < -0.3 is 9.97 Å². The van der Waals surface area contributed by atoms with E-state index in [2.05, 4.69) is 143 Å². The quantitative estimate of drug-likeness (QED) is 0.127. The van der Waals surface area contributed by atoms with Gasteiger partial charge in [0.1, 0.15) is 0 Å². The molecule has 0 N–H and O–H groups in total. The molecule has 0 bridgehead atoms. The Morgan fingerprint density at radius 1 is 0.771 bits per heavy atom. The largest absolute Gasteiger partial charge is 0.305 e. The molecule has 4 aromatic carbocycles. The van der Waals surface area contributed by atoms with Gasteiger partial charge >= 0.3 is 0 Å². The van der Waals surface area contributed by atoms with Crippen LogP contribution in [0.1, 0.15) is 31.9 Å². The zero-order valence-electron chi connectivity index (χ0n) is 28.8. The van der Waals surface area contributed by atoms with Crippen molar-refractivity contribution in [2.45, 2.75) is 53.8 Å². The molecule has 0 aliphatic carbocycles. The van der Waals surface area contributed by atoms with Crippen molar-refractivity contribution in [2.24, 2.45) is 5.41 Å². The number of aryl methyl sites for hydroxylation is 1. The van der Waals surface area contributed by atoms with Crippen LogP contribution in [-0.4, -0.2) is 18.0 Å². The molecule has 3 heterocycles. The van der Waals surface area contributed by atoms with Gasteiger partial charge in [-0.3, -0.25) is 0 Å². The molecule has 0 aliphatic rings. The Morgan fingerprint density at radius 2 is 1.48 bits per heavy atom. The number of nitrogens with zero attached hydrogens (tertiary/aromatic N) is 2. The van der Waals surface area contributed by atoms with Crippen molar-refractivity contribution in [1.82, 2.24) is 9.97 Å². The van der Waals surface area contributed by atoms with Crippen LogP contribution in [0.25, 0.3) is 53.8 Å². The second kappa shape index (κ2) is 14.8. The molecule has 7 aromatic rings. The third-order valence-electron chi connectivity index (χ3n) is 8.34. The van der Waals surface area contributed by atoms with E-state index >= 15 is 0 Å². The van der Waals surface area contributed by atoms with E-state index in [4.69, 9.17) is 4.98 Å². The molecule has 0 spiro atoms. The van der Waals surface area contributed by atoms with Gasteiger partial charge in [0.25, 0.3) is 0 Å². The molecule has 0 unspecified atom stereocenters. The fourth-order valence-electron chi connectivity index (χ4n) is 5.82. The summed E-state index contributed by atoms with van der Waals surface area (Å²) in [6, 6.07) is 42.8. The maximum Gasteiger partial charge on any atom is 0.0795 e. The molecule has 0 saturated carbocycles. The zero-order chi connectivity index (χ0) is 33.2. The minimum Gasteiger partial charge on any atom is -0.305 e. The molecular formula is C43H42IrN2SSi-2. The van der Waals surface area contributed by atoms with Crippen LogP contribution in [0.5, 0.6) is 0 Å². The molecule has 1 radical (unpaired) electrons. The van der Waals surface area contributed by atoms with Gasteiger partial charge in [-0.15, -0.1) is 53.6 Å². The summed E-state index contributed by atoms with van der Waals surface area (Å²) >= 11 is 1.84. The normalized spacial score (nSPS) is 11.6. The summed E-state index contributed by atoms with van der Waals surface area (Å²) < 4.78 is 2.57. The maximum atomic E-state index is 4.84. The van der Waals surface area contributed by atoms with Crippen molar-refractivity contribution < 1.29 is 20.1 Å². The van der Waals surface area contributed by atoms with E-state index in [1.165, 1.54) is 47.6 Å². The number of rotatable bonds is 5. The van der Waals surface area contributed by atoms with E-state index in [9.17, 15) is 0 Å². The summed E-state index contributed by atoms with van der Waals surface area (Å²) in [6.45, 7) is 16.0. The van der Waals surface area contributed by atoms with Gasteiger partial charge in [0.15, 0.2) is 0 Å². The van der Waals surface area contributed by atoms with Crippen LogP contribution >= 0.6 is 11.3 Å². The Hall–Kier alpha value is -3.73. The molecule has 3 aromatic heterocycles. The Kier molecular flexibility index (Phi) is 11.0. The second-order valence-corrected chi connectivity index (χ2v) is 20.6. The summed E-state index contributed by atoms with van der Waals surface area (Å²) in [5.74, 6) is 0. The standard InChI is InChI=1S/C29H26NS.C14H16NSi.Ir/c1-19-18-30-25(16-21(19)17-29(2,3)4)23-15-14-22(20-10-6-5-7-11-20)27-24-12-8-9-13-26(24)31-28(23)27;1-16(2,3)13-9-10-14(15-11-13)12-7-5-4-6-8-12;/h5-14,16,18H,17H2,1-4H3;4-7,9-11H,1-3H3;/q2*-1;. The van der Waals surface area contributed by atoms with Crippen molar-refractivity contribution >= 4 is 44.8 Å². The van der Waals surface area contributed by atoms with Gasteiger partial charge in [-0.1, -0.05) is 129 Å². The SMILES string of the molecule is C[Si](C)(C)c1ccc(-c2[c-]cccc2)nc1.Cc1cnc(-c2[c-]cc(-c3ccccc3)c3c2sc2ccccc23)cc1CC(C)(C)C.[Ir]. The van der Waals surface area contributed by atoms with Gasteiger partial charge in [0, 0.05) is 37.2 Å². The predicted octanol–water partition coefficient (Wildman–Crippen LogP) is 11.6. The van der Waals surface area contributed by atoms with Crippen LogP contribution in [0.4, 0.5) is 0 Å². The maximum absolute atomic E-state index is 4.84. The van der Waals surface area contributed by atoms with Crippen molar-refractivity contribution in [3.05, 3.63) is 139 Å². The number of aromatic nitrogens is 2. The minimum absolute atomic E-state index is 0. The number of fused-ring (bicyclic) bond motifs is 3. The Balaban J connectivity index is 0.000000224. The van der Waals surface area contributed by atoms with E-state index in [1.54, 1.807) is 0 Å². The van der Waals surface area contributed by atoms with Gasteiger partial charge in [-0.05, 0) is 57.1 Å². The summed E-state index contributed by atoms with van der Waals surface area (Å²) in [4.78, 5) is 9.36. The predicted molar refractivity (Wildman–Crippen MR) is 206 cm³/mol. The van der Waals surface area contributed by atoms with Gasteiger partial charge in [-0.2, -0.15) is 11.3 Å². The first-order chi connectivity index (χ1) is 22.5. The summed E-state index contributed by atoms with van der Waals surface area (Å²) in [5.41, 5.74) is 9.50. The fraction of sp³-hybridized carbons (Fsp3) is 0.209. The number of hydrogen-bond donors (Lipinski definition) is 0. The van der Waals surface area contributed by atoms with Crippen LogP contribution in [0.3, 0.4) is 0 Å². The first kappa shape index (κ1) is 35.6. The topological polar surface area (TPSA) is 25.8 Å². The molecule has 0 atom stereocenters. The van der Waals surface area contributed by atoms with E-state index < -0.39 is 8.07 Å². The van der Waals surface area contributed by atoms with Gasteiger partial charge in [0.2, 0.25) is 0 Å². The molecule has 7 rings (SSSR count). The van der Waals surface area contributed by atoms with Crippen molar-refractivity contribution in [3.63, 3.8) is 0 Å². The molecule has 0 saturated heterocycles. The first-order valence-electron chi connectivity index (χ1n) is 16.3. The Bertz CT molecular complexity index is 2130. The summed E-state index contributed by atoms with van der Waals surface area (Å²) in [6.07, 6.45) is 5.07. The van der Waals surface area contributed by atoms with E-state index in [0.29, 0.717) is 0 Å². The summed E-state index contributed by atoms with van der Waals surface area (Å²) in [7, 11) is -1.23. The Labute approximate surface area is 304 Å². The Morgan fingerprint density at radius 3 is 2.15 bits per heavy atom. The van der Waals surface area contributed by atoms with Crippen LogP contribution in [-0.2, 0) is 26.5 Å². The third kappa shape index (κ3) is 8.10. The molecule has 2 nitrogen and oxygen atoms in total. The minimum atomic E-state index is -1.23. The van der Waals surface area contributed by atoms with Crippen LogP contribution < -0.4 is 5.19 Å². The zero-order valence-corrected chi connectivity index (χ0v) is 33.0. The summed E-state index contributed by atoms with van der Waals surface area (Å²) in [5, 5.41) is 4.01. The fourth-order valence-corrected chi connectivity index (χ4v) is 8.09. The first-order valence-corrected chi connectivity index (χ1v) is 20.6. The van der Waals surface area contributed by atoms with Crippen molar-refractivity contribution in [2.75, 3.05) is 0 Å². The number of pyridine rings is 2. The molecular weight excluding hydrogens is 797 g/mol. The van der Waals surface area contributed by atoms with Crippen molar-refractivity contribution in [3.8, 4) is 33.6 Å². The van der Waals surface area contributed by atoms with Gasteiger partial charge in [-0.25, -0.2) is 0 Å². The number of hydrogen-bond acceptors (Lipinski definition) is 3. The molecule has 0 aliphatic heterocycles. The van der Waals surface area contributed by atoms with Gasteiger partial charge in [0.05, 0.1) is 8.07 Å². The van der Waals surface area contributed by atoms with E-state index in [0.717, 1.165) is 28.9 Å². The van der Waals surface area contributed by atoms with E-state index in [1.807, 2.05) is 48.0 Å². The number of benzene rings is 4. The molecule has 48 heavy (non-hydrogen) atoms. The van der Waals surface area contributed by atoms with Crippen LogP contribution in [0.15, 0.2) is 116 Å². The van der Waals surface area contributed by atoms with Crippen LogP contribution in [0, 0.1) is 24.5 Å². The average Bonchev–Trinajstić information content (AvgIpc) is 3.45. The molecule has 0 amide bonds. The third-order valence-corrected chi connectivity index (χ3v) is 11.6. The smallest absolute Gasteiger partial charge is 0.0795 e. The average molecular weight is 839 g/mol. The molecule has 0 fully saturated rings. The van der Waals surface area contributed by atoms with Crippen LogP contribution in [0.2, 0.25) is 19.6 Å². The second-order valence-electron chi connectivity index (χ2n) is 14.4.